The molecule has 4 heteroatoms. The summed E-state index contributed by atoms with van der Waals surface area (Å²) in [6.45, 7) is 0.840. The molecule has 0 saturated heterocycles. The molecule has 24 heavy (non-hydrogen) atoms. The number of carbonyl (C=O) groups excluding carboxylic acids is 1. The highest BCUT2D eigenvalue weighted by Gasteiger charge is 2.61. The second-order valence-corrected chi connectivity index (χ2v) is 9.46. The van der Waals surface area contributed by atoms with Gasteiger partial charge in [0, 0.05) is 5.75 Å². The number of hydrogen-bond donors (Lipinski definition) is 1. The highest BCUT2D eigenvalue weighted by molar-refractivity contribution is 8.14. The van der Waals surface area contributed by atoms with Crippen molar-refractivity contribution < 1.29 is 4.79 Å². The van der Waals surface area contributed by atoms with Crippen LogP contribution in [0.1, 0.15) is 44.1 Å². The van der Waals surface area contributed by atoms with E-state index in [-0.39, 0.29) is 16.7 Å². The Hall–Kier alpha value is -1.29. The van der Waals surface area contributed by atoms with Gasteiger partial charge in [-0.2, -0.15) is 0 Å². The fourth-order valence-corrected chi connectivity index (χ4v) is 7.02. The second-order valence-electron chi connectivity index (χ2n) is 8.38. The maximum absolute atomic E-state index is 13.2. The van der Waals surface area contributed by atoms with Gasteiger partial charge in [-0.1, -0.05) is 42.1 Å². The number of carbonyl (C=O) groups is 1. The Kier molecular flexibility index (Phi) is 3.35. The van der Waals surface area contributed by atoms with Crippen LogP contribution in [0.4, 0.5) is 0 Å². The average Bonchev–Trinajstić information content (AvgIpc) is 3.07. The van der Waals surface area contributed by atoms with Crippen molar-refractivity contribution in [2.45, 2.75) is 43.9 Å². The summed E-state index contributed by atoms with van der Waals surface area (Å²) in [6, 6.07) is 11.0. The zero-order chi connectivity index (χ0) is 16.2. The number of amides is 1. The van der Waals surface area contributed by atoms with E-state index in [9.17, 15) is 4.79 Å². The zero-order valence-electron chi connectivity index (χ0n) is 14.0. The predicted molar refractivity (Wildman–Crippen MR) is 98.1 cm³/mol. The minimum absolute atomic E-state index is 0.161. The molecule has 1 aromatic carbocycles. The first-order valence-electron chi connectivity index (χ1n) is 9.22. The van der Waals surface area contributed by atoms with Crippen molar-refractivity contribution in [3.05, 3.63) is 35.9 Å². The maximum atomic E-state index is 13.2. The van der Waals surface area contributed by atoms with Gasteiger partial charge in [0.05, 0.1) is 12.0 Å². The van der Waals surface area contributed by atoms with Crippen molar-refractivity contribution >= 4 is 22.8 Å². The van der Waals surface area contributed by atoms with Crippen molar-refractivity contribution in [3.63, 3.8) is 0 Å². The van der Waals surface area contributed by atoms with Crippen molar-refractivity contribution in [1.82, 2.24) is 5.32 Å². The molecule has 2 atom stereocenters. The largest absolute Gasteiger partial charge is 0.305 e. The van der Waals surface area contributed by atoms with Gasteiger partial charge in [0.15, 0.2) is 5.17 Å². The van der Waals surface area contributed by atoms with Gasteiger partial charge < -0.3 is 5.32 Å². The molecule has 0 radical (unpaired) electrons. The van der Waals surface area contributed by atoms with Gasteiger partial charge in [-0.05, 0) is 61.3 Å². The van der Waals surface area contributed by atoms with Gasteiger partial charge in [-0.25, -0.2) is 0 Å². The first kappa shape index (κ1) is 15.0. The molecule has 4 bridgehead atoms. The third-order valence-electron chi connectivity index (χ3n) is 6.73. The molecule has 1 N–H and O–H groups in total. The average molecular weight is 340 g/mol. The number of aliphatic imine (C=N–C) groups is 1. The Bertz CT molecular complexity index is 685. The SMILES string of the molecule is O=C(NC1=NCCS1)C12C[C@H]3C[C@H](C1)CC(c1ccccc1)(C3)C2. The summed E-state index contributed by atoms with van der Waals surface area (Å²) in [5.41, 5.74) is 1.53. The molecular formula is C20H24N2OS. The maximum Gasteiger partial charge on any atom is 0.232 e. The lowest BCUT2D eigenvalue weighted by Crippen LogP contribution is -2.59. The Morgan fingerprint density at radius 1 is 1.12 bits per heavy atom. The lowest BCUT2D eigenvalue weighted by molar-refractivity contribution is -0.147. The van der Waals surface area contributed by atoms with E-state index in [1.807, 2.05) is 0 Å². The van der Waals surface area contributed by atoms with E-state index < -0.39 is 0 Å². The molecule has 0 aromatic heterocycles. The fraction of sp³-hybridized carbons (Fsp3) is 0.600. The third-order valence-corrected chi connectivity index (χ3v) is 7.63. The van der Waals surface area contributed by atoms with Gasteiger partial charge in [0.1, 0.15) is 0 Å². The first-order chi connectivity index (χ1) is 11.7. The number of nitrogens with zero attached hydrogens (tertiary/aromatic N) is 1. The molecule has 126 valence electrons. The summed E-state index contributed by atoms with van der Waals surface area (Å²) in [5.74, 6) is 2.69. The molecule has 1 heterocycles. The summed E-state index contributed by atoms with van der Waals surface area (Å²) < 4.78 is 0. The van der Waals surface area contributed by atoms with Crippen LogP contribution in [0, 0.1) is 17.3 Å². The van der Waals surface area contributed by atoms with Crippen LogP contribution in [-0.4, -0.2) is 23.4 Å². The highest BCUT2D eigenvalue weighted by atomic mass is 32.2. The summed E-state index contributed by atoms with van der Waals surface area (Å²) in [4.78, 5) is 17.6. The normalized spacial score (nSPS) is 39.8. The zero-order valence-corrected chi connectivity index (χ0v) is 14.8. The molecule has 5 aliphatic rings. The standard InChI is InChI=1S/C20H24N2OS/c23-17(22-18-21-6-7-24-18)20-11-14-8-15(12-20)10-19(9-14,13-20)16-4-2-1-3-5-16/h1-5,14-15H,6-13H2,(H,21,22,23)/t14-,15-,19?,20?/m0/s1. The monoisotopic (exact) mass is 340 g/mol. The van der Waals surface area contributed by atoms with Crippen LogP contribution in [-0.2, 0) is 10.2 Å². The van der Waals surface area contributed by atoms with Crippen LogP contribution in [0.2, 0.25) is 0 Å². The van der Waals surface area contributed by atoms with Crippen LogP contribution >= 0.6 is 11.8 Å². The van der Waals surface area contributed by atoms with Gasteiger partial charge in [-0.15, -0.1) is 0 Å². The number of benzene rings is 1. The fourth-order valence-electron chi connectivity index (χ4n) is 6.30. The number of rotatable bonds is 2. The van der Waals surface area contributed by atoms with Gasteiger partial charge in [0.2, 0.25) is 5.91 Å². The van der Waals surface area contributed by atoms with Crippen LogP contribution in [0.25, 0.3) is 0 Å². The van der Waals surface area contributed by atoms with E-state index in [0.29, 0.717) is 0 Å². The molecular weight excluding hydrogens is 316 g/mol. The second kappa shape index (κ2) is 5.35. The first-order valence-corrected chi connectivity index (χ1v) is 10.2. The molecule has 1 aliphatic heterocycles. The molecule has 4 aliphatic carbocycles. The number of hydrogen-bond acceptors (Lipinski definition) is 3. The summed E-state index contributed by atoms with van der Waals surface area (Å²) in [6.07, 6.45) is 7.08. The smallest absolute Gasteiger partial charge is 0.232 e. The number of nitrogens with one attached hydrogen (secondary N) is 1. The molecule has 1 amide bonds. The van der Waals surface area contributed by atoms with Crippen molar-refractivity contribution in [2.75, 3.05) is 12.3 Å². The van der Waals surface area contributed by atoms with Crippen molar-refractivity contribution in [1.29, 1.82) is 0 Å². The predicted octanol–water partition coefficient (Wildman–Crippen LogP) is 3.74. The van der Waals surface area contributed by atoms with E-state index in [0.717, 1.165) is 48.6 Å². The highest BCUT2D eigenvalue weighted by Crippen LogP contribution is 2.65. The van der Waals surface area contributed by atoms with E-state index in [2.05, 4.69) is 40.6 Å². The molecule has 3 nitrogen and oxygen atoms in total. The molecule has 4 fully saturated rings. The Morgan fingerprint density at radius 2 is 1.88 bits per heavy atom. The Labute approximate surface area is 147 Å². The van der Waals surface area contributed by atoms with E-state index in [1.165, 1.54) is 24.8 Å². The molecule has 4 saturated carbocycles. The number of amidine groups is 1. The topological polar surface area (TPSA) is 41.5 Å². The van der Waals surface area contributed by atoms with E-state index in [4.69, 9.17) is 0 Å². The molecule has 0 unspecified atom stereocenters. The van der Waals surface area contributed by atoms with Crippen molar-refractivity contribution in [3.8, 4) is 0 Å². The van der Waals surface area contributed by atoms with Crippen molar-refractivity contribution in [2.24, 2.45) is 22.2 Å². The van der Waals surface area contributed by atoms with Crippen LogP contribution in [0.5, 0.6) is 0 Å². The Morgan fingerprint density at radius 3 is 2.54 bits per heavy atom. The summed E-state index contributed by atoms with van der Waals surface area (Å²) in [5, 5.41) is 4.03. The lowest BCUT2D eigenvalue weighted by atomic mass is 9.42. The summed E-state index contributed by atoms with van der Waals surface area (Å²) >= 11 is 1.69. The van der Waals surface area contributed by atoms with E-state index in [1.54, 1.807) is 11.8 Å². The van der Waals surface area contributed by atoms with Crippen LogP contribution < -0.4 is 5.32 Å². The quantitative estimate of drug-likeness (QED) is 0.891. The Balaban J connectivity index is 1.48. The van der Waals surface area contributed by atoms with Crippen LogP contribution in [0.15, 0.2) is 35.3 Å². The van der Waals surface area contributed by atoms with Gasteiger partial charge in [-0.3, -0.25) is 9.79 Å². The number of thioether (sulfide) groups is 1. The minimum atomic E-state index is -0.161. The summed E-state index contributed by atoms with van der Waals surface area (Å²) in [7, 11) is 0. The van der Waals surface area contributed by atoms with E-state index >= 15 is 0 Å². The van der Waals surface area contributed by atoms with Crippen LogP contribution in [0.3, 0.4) is 0 Å². The molecule has 1 aromatic rings. The molecule has 6 rings (SSSR count). The third kappa shape index (κ3) is 2.26. The molecule has 0 spiro atoms. The van der Waals surface area contributed by atoms with Gasteiger partial charge >= 0.3 is 0 Å². The van der Waals surface area contributed by atoms with Gasteiger partial charge in [0.25, 0.3) is 0 Å². The minimum Gasteiger partial charge on any atom is -0.305 e. The lowest BCUT2D eigenvalue weighted by Gasteiger charge is -2.61.